The Balaban J connectivity index is 1.58. The van der Waals surface area contributed by atoms with Gasteiger partial charge in [-0.25, -0.2) is 4.98 Å². The molecule has 204 valence electrons. The molecule has 0 saturated carbocycles. The van der Waals surface area contributed by atoms with Crippen LogP contribution in [0, 0.1) is 0 Å². The van der Waals surface area contributed by atoms with E-state index < -0.39 is 5.50 Å². The molecule has 1 aliphatic rings. The van der Waals surface area contributed by atoms with Crippen LogP contribution in [0.2, 0.25) is 10.2 Å². The predicted octanol–water partition coefficient (Wildman–Crippen LogP) is 1.45. The van der Waals surface area contributed by atoms with Crippen LogP contribution in [-0.4, -0.2) is 103 Å². The van der Waals surface area contributed by atoms with Crippen LogP contribution in [0.1, 0.15) is 0 Å². The molecule has 0 spiro atoms. The van der Waals surface area contributed by atoms with Crippen LogP contribution in [0.3, 0.4) is 0 Å². The number of hydrogen-bond acceptors (Lipinski definition) is 8. The van der Waals surface area contributed by atoms with E-state index in [0.717, 1.165) is 23.6 Å². The number of β-amino-alcohol motifs (C(OH)–C–C–N with tert-alkyl or cyclic N) is 1. The minimum atomic E-state index is -0.884. The number of rotatable bonds is 8. The second-order valence-electron chi connectivity index (χ2n) is 11.5. The summed E-state index contributed by atoms with van der Waals surface area (Å²) in [5.41, 5.74) is 1.81. The Labute approximate surface area is 240 Å². The summed E-state index contributed by atoms with van der Waals surface area (Å²) in [6.07, 6.45) is 1.59. The summed E-state index contributed by atoms with van der Waals surface area (Å²) in [5.74, 6) is 1.58. The van der Waals surface area contributed by atoms with Gasteiger partial charge >= 0.3 is 0 Å². The van der Waals surface area contributed by atoms with Crippen molar-refractivity contribution in [2.45, 2.75) is 16.8 Å². The SMILES string of the molecule is BC1(B)CN(c2ccc(Nc3ncc(Cl)c(Nc4ccccc4P(C)C)n3)c(OC)c2)CC(B)(O)C1N(C)C. The van der Waals surface area contributed by atoms with Crippen LogP contribution >= 0.6 is 19.5 Å². The molecule has 0 bridgehead atoms. The van der Waals surface area contributed by atoms with E-state index in [9.17, 15) is 5.11 Å². The van der Waals surface area contributed by atoms with Crippen molar-refractivity contribution < 1.29 is 9.84 Å². The minimum Gasteiger partial charge on any atom is -0.494 e. The molecule has 1 fully saturated rings. The number of para-hydroxylation sites is 1. The smallest absolute Gasteiger partial charge is 0.229 e. The van der Waals surface area contributed by atoms with Crippen molar-refractivity contribution in [1.29, 1.82) is 0 Å². The number of anilines is 5. The summed E-state index contributed by atoms with van der Waals surface area (Å²) in [6, 6.07) is 14.2. The molecule has 13 heteroatoms. The Hall–Kier alpha value is -2.45. The van der Waals surface area contributed by atoms with E-state index in [1.165, 1.54) is 5.30 Å². The molecule has 2 heterocycles. The Bertz CT molecular complexity index is 1310. The topological polar surface area (TPSA) is 85.8 Å². The number of methoxy groups -OCH3 is 1. The van der Waals surface area contributed by atoms with Gasteiger partial charge in [0.1, 0.15) is 34.3 Å². The molecule has 0 aliphatic carbocycles. The maximum Gasteiger partial charge on any atom is 0.229 e. The van der Waals surface area contributed by atoms with Crippen molar-refractivity contribution in [3.8, 4) is 5.75 Å². The molecular weight excluding hydrogens is 527 g/mol. The molecule has 2 atom stereocenters. The molecule has 2 aromatic carbocycles. The fourth-order valence-corrected chi connectivity index (χ4v) is 7.23. The monoisotopic (exact) mass is 564 g/mol. The minimum absolute atomic E-state index is 0.0301. The summed E-state index contributed by atoms with van der Waals surface area (Å²) in [5, 5.41) is 19.6. The third kappa shape index (κ3) is 6.49. The fourth-order valence-electron chi connectivity index (χ4n) is 6.10. The van der Waals surface area contributed by atoms with Gasteiger partial charge in [-0.3, -0.25) is 0 Å². The van der Waals surface area contributed by atoms with E-state index >= 15 is 0 Å². The van der Waals surface area contributed by atoms with Crippen LogP contribution in [0.15, 0.2) is 48.7 Å². The molecule has 3 N–H and O–H groups in total. The first-order valence-corrected chi connectivity index (χ1v) is 15.6. The predicted molar refractivity (Wildman–Crippen MR) is 174 cm³/mol. The number of piperidine rings is 1. The molecule has 2 unspecified atom stereocenters. The zero-order valence-corrected chi connectivity index (χ0v) is 25.7. The van der Waals surface area contributed by atoms with Gasteiger partial charge in [0.15, 0.2) is 5.82 Å². The number of aliphatic hydroxyl groups is 1. The van der Waals surface area contributed by atoms with E-state index in [1.807, 2.05) is 58.3 Å². The first kappa shape index (κ1) is 29.5. The Kier molecular flexibility index (Phi) is 8.77. The summed E-state index contributed by atoms with van der Waals surface area (Å²) >= 11 is 6.46. The van der Waals surface area contributed by atoms with Gasteiger partial charge in [-0.15, -0.1) is 0 Å². The average molecular weight is 564 g/mol. The number of likely N-dealkylation sites (N-methyl/N-ethyl adjacent to an activating group) is 1. The number of ether oxygens (including phenoxy) is 1. The number of halogens is 1. The van der Waals surface area contributed by atoms with Gasteiger partial charge < -0.3 is 30.3 Å². The van der Waals surface area contributed by atoms with Crippen LogP contribution in [-0.2, 0) is 0 Å². The molecular formula is C26H37B3ClN6O2P. The van der Waals surface area contributed by atoms with E-state index in [1.54, 1.807) is 13.3 Å². The Morgan fingerprint density at radius 1 is 1.10 bits per heavy atom. The van der Waals surface area contributed by atoms with Crippen molar-refractivity contribution in [1.82, 2.24) is 14.9 Å². The van der Waals surface area contributed by atoms with Crippen LogP contribution in [0.4, 0.5) is 28.8 Å². The van der Waals surface area contributed by atoms with Gasteiger partial charge in [-0.2, -0.15) is 4.98 Å². The lowest BCUT2D eigenvalue weighted by Gasteiger charge is -2.56. The van der Waals surface area contributed by atoms with Crippen molar-refractivity contribution >= 4 is 77.2 Å². The summed E-state index contributed by atoms with van der Waals surface area (Å²) in [7, 11) is 11.7. The third-order valence-electron chi connectivity index (χ3n) is 7.13. The lowest BCUT2D eigenvalue weighted by molar-refractivity contribution is 0.0194. The van der Waals surface area contributed by atoms with E-state index in [2.05, 4.69) is 65.5 Å². The summed E-state index contributed by atoms with van der Waals surface area (Å²) < 4.78 is 5.75. The van der Waals surface area contributed by atoms with Gasteiger partial charge in [0, 0.05) is 36.6 Å². The fraction of sp³-hybridized carbons (Fsp3) is 0.385. The highest BCUT2D eigenvalue weighted by molar-refractivity contribution is 7.64. The molecule has 8 nitrogen and oxygen atoms in total. The van der Waals surface area contributed by atoms with E-state index in [4.69, 9.17) is 16.3 Å². The number of nitrogens with zero attached hydrogens (tertiary/aromatic N) is 4. The number of benzene rings is 2. The standard InChI is InChI=1S/C26H37B3ClN6O2P/c1-35(2)23-25(27,28)14-36(15-26(23,29)37)16-10-11-18(20(12-16)38-3)33-24-31-13-17(30)22(34-24)32-19-8-6-7-9-21(19)39(4)5/h6-13,23,37H,14-15,27-29H2,1-5H3,(H2,31,32,33,34). The second-order valence-corrected chi connectivity index (χ2v) is 14.2. The molecule has 0 radical (unpaired) electrons. The summed E-state index contributed by atoms with van der Waals surface area (Å²) in [4.78, 5) is 13.4. The van der Waals surface area contributed by atoms with Crippen LogP contribution < -0.4 is 25.6 Å². The molecule has 3 aromatic rings. The zero-order chi connectivity index (χ0) is 28.5. The lowest BCUT2D eigenvalue weighted by Crippen LogP contribution is -2.68. The molecule has 4 rings (SSSR count). The van der Waals surface area contributed by atoms with E-state index in [0.29, 0.717) is 29.1 Å². The zero-order valence-electron chi connectivity index (χ0n) is 24.1. The van der Waals surface area contributed by atoms with Crippen molar-refractivity contribution in [3.63, 3.8) is 0 Å². The van der Waals surface area contributed by atoms with Gasteiger partial charge in [0.25, 0.3) is 0 Å². The highest BCUT2D eigenvalue weighted by atomic mass is 35.5. The molecule has 1 aliphatic heterocycles. The molecule has 1 aromatic heterocycles. The van der Waals surface area contributed by atoms with Crippen molar-refractivity contribution in [2.75, 3.05) is 63.2 Å². The molecule has 39 heavy (non-hydrogen) atoms. The highest BCUT2D eigenvalue weighted by Gasteiger charge is 2.49. The first-order chi connectivity index (χ1) is 18.3. The normalized spacial score (nSPS) is 20.7. The number of nitrogens with one attached hydrogen (secondary N) is 2. The van der Waals surface area contributed by atoms with Crippen molar-refractivity contribution in [3.05, 3.63) is 53.7 Å². The maximum absolute atomic E-state index is 11.4. The highest BCUT2D eigenvalue weighted by Crippen LogP contribution is 2.41. The largest absolute Gasteiger partial charge is 0.494 e. The molecule has 0 amide bonds. The lowest BCUT2D eigenvalue weighted by atomic mass is 9.43. The number of aromatic nitrogens is 2. The van der Waals surface area contributed by atoms with Crippen LogP contribution in [0.5, 0.6) is 5.75 Å². The van der Waals surface area contributed by atoms with E-state index in [-0.39, 0.29) is 19.2 Å². The van der Waals surface area contributed by atoms with Gasteiger partial charge in [0.05, 0.1) is 24.5 Å². The van der Waals surface area contributed by atoms with Crippen LogP contribution in [0.25, 0.3) is 0 Å². The van der Waals surface area contributed by atoms with Gasteiger partial charge in [0.2, 0.25) is 5.95 Å². The van der Waals surface area contributed by atoms with Crippen molar-refractivity contribution in [2.24, 2.45) is 0 Å². The van der Waals surface area contributed by atoms with Gasteiger partial charge in [-0.05, 0) is 50.9 Å². The quantitative estimate of drug-likeness (QED) is 0.280. The Morgan fingerprint density at radius 2 is 1.82 bits per heavy atom. The van der Waals surface area contributed by atoms with Gasteiger partial charge in [-0.1, -0.05) is 42.9 Å². The maximum atomic E-state index is 11.4. The average Bonchev–Trinajstić information content (AvgIpc) is 2.84. The summed E-state index contributed by atoms with van der Waals surface area (Å²) in [6.45, 7) is 5.75. The Morgan fingerprint density at radius 3 is 2.46 bits per heavy atom. The first-order valence-electron chi connectivity index (χ1n) is 13.0. The molecule has 1 saturated heterocycles. The second kappa shape index (κ2) is 11.6. The third-order valence-corrected chi connectivity index (χ3v) is 8.76. The number of hydrogen-bond donors (Lipinski definition) is 3.